The Bertz CT molecular complexity index is 151. The minimum atomic E-state index is -0.208. The van der Waals surface area contributed by atoms with Crippen LogP contribution in [0, 0.1) is 0 Å². The van der Waals surface area contributed by atoms with Gasteiger partial charge in [0, 0.05) is 24.0 Å². The predicted octanol–water partition coefficient (Wildman–Crippen LogP) is 2.19. The van der Waals surface area contributed by atoms with Crippen LogP contribution in [0.3, 0.4) is 0 Å². The summed E-state index contributed by atoms with van der Waals surface area (Å²) in [6.07, 6.45) is 4.60. The monoisotopic (exact) mass is 191 g/mol. The molecule has 2 heterocycles. The van der Waals surface area contributed by atoms with Crippen molar-refractivity contribution in [1.29, 1.82) is 0 Å². The first-order valence-electron chi connectivity index (χ1n) is 4.77. The standard InChI is InChI=1S/C9H15ClFN/c10-7-5-8-1-2-9(6-7)12(8)4-3-11/h7-9H,1-6H2. The van der Waals surface area contributed by atoms with Crippen molar-refractivity contribution < 1.29 is 4.39 Å². The number of halogens is 2. The molecule has 12 heavy (non-hydrogen) atoms. The van der Waals surface area contributed by atoms with Gasteiger partial charge in [0.25, 0.3) is 0 Å². The maximum Gasteiger partial charge on any atom is 0.102 e. The van der Waals surface area contributed by atoms with Crippen LogP contribution in [0.5, 0.6) is 0 Å². The second-order valence-electron chi connectivity index (χ2n) is 3.88. The van der Waals surface area contributed by atoms with Gasteiger partial charge in [-0.1, -0.05) is 0 Å². The van der Waals surface area contributed by atoms with E-state index in [4.69, 9.17) is 11.6 Å². The minimum Gasteiger partial charge on any atom is -0.295 e. The summed E-state index contributed by atoms with van der Waals surface area (Å²) in [5.74, 6) is 0. The Labute approximate surface area is 77.9 Å². The first-order valence-corrected chi connectivity index (χ1v) is 5.20. The van der Waals surface area contributed by atoms with Crippen LogP contribution in [0.15, 0.2) is 0 Å². The van der Waals surface area contributed by atoms with Crippen molar-refractivity contribution in [3.8, 4) is 0 Å². The smallest absolute Gasteiger partial charge is 0.102 e. The van der Waals surface area contributed by atoms with Crippen molar-refractivity contribution in [1.82, 2.24) is 4.90 Å². The molecule has 0 radical (unpaired) electrons. The molecule has 0 aromatic rings. The van der Waals surface area contributed by atoms with Gasteiger partial charge in [-0.25, -0.2) is 4.39 Å². The topological polar surface area (TPSA) is 3.24 Å². The van der Waals surface area contributed by atoms with Crippen LogP contribution in [0.4, 0.5) is 4.39 Å². The Morgan fingerprint density at radius 3 is 2.33 bits per heavy atom. The lowest BCUT2D eigenvalue weighted by Crippen LogP contribution is -2.44. The van der Waals surface area contributed by atoms with Gasteiger partial charge in [-0.3, -0.25) is 4.90 Å². The maximum absolute atomic E-state index is 12.2. The minimum absolute atomic E-state index is 0.208. The fraction of sp³-hybridized carbons (Fsp3) is 1.00. The van der Waals surface area contributed by atoms with E-state index in [1.165, 1.54) is 12.8 Å². The van der Waals surface area contributed by atoms with Crippen molar-refractivity contribution in [3.05, 3.63) is 0 Å². The van der Waals surface area contributed by atoms with Gasteiger partial charge >= 0.3 is 0 Å². The molecule has 2 aliphatic heterocycles. The van der Waals surface area contributed by atoms with E-state index in [0.29, 0.717) is 24.0 Å². The lowest BCUT2D eigenvalue weighted by atomic mass is 10.0. The van der Waals surface area contributed by atoms with Gasteiger partial charge in [0.2, 0.25) is 0 Å². The summed E-state index contributed by atoms with van der Waals surface area (Å²) in [4.78, 5) is 2.32. The molecule has 0 amide bonds. The van der Waals surface area contributed by atoms with Crippen LogP contribution in [0.1, 0.15) is 25.7 Å². The number of fused-ring (bicyclic) bond motifs is 2. The summed E-state index contributed by atoms with van der Waals surface area (Å²) in [6, 6.07) is 1.17. The molecule has 0 aromatic heterocycles. The zero-order valence-electron chi connectivity index (χ0n) is 7.18. The van der Waals surface area contributed by atoms with Gasteiger partial charge in [0.1, 0.15) is 6.67 Å². The van der Waals surface area contributed by atoms with E-state index in [0.717, 1.165) is 12.8 Å². The van der Waals surface area contributed by atoms with Gasteiger partial charge in [-0.15, -0.1) is 11.6 Å². The molecule has 0 saturated carbocycles. The largest absolute Gasteiger partial charge is 0.295 e. The van der Waals surface area contributed by atoms with Gasteiger partial charge in [0.15, 0.2) is 0 Å². The Balaban J connectivity index is 1.99. The van der Waals surface area contributed by atoms with E-state index in [9.17, 15) is 4.39 Å². The molecule has 3 heteroatoms. The first kappa shape index (κ1) is 8.76. The van der Waals surface area contributed by atoms with Crippen molar-refractivity contribution in [2.45, 2.75) is 43.1 Å². The fourth-order valence-corrected chi connectivity index (χ4v) is 3.08. The summed E-state index contributed by atoms with van der Waals surface area (Å²) in [6.45, 7) is 0.416. The molecule has 0 aromatic carbocycles. The Morgan fingerprint density at radius 1 is 1.25 bits per heavy atom. The van der Waals surface area contributed by atoms with Crippen molar-refractivity contribution >= 4 is 11.6 Å². The van der Waals surface area contributed by atoms with Gasteiger partial charge in [-0.05, 0) is 25.7 Å². The molecule has 2 fully saturated rings. The fourth-order valence-electron chi connectivity index (χ4n) is 2.67. The van der Waals surface area contributed by atoms with E-state index >= 15 is 0 Å². The number of piperidine rings is 1. The molecule has 2 rings (SSSR count). The van der Waals surface area contributed by atoms with E-state index < -0.39 is 0 Å². The third-order valence-corrected chi connectivity index (χ3v) is 3.53. The highest BCUT2D eigenvalue weighted by Crippen LogP contribution is 2.37. The maximum atomic E-state index is 12.2. The molecule has 0 N–H and O–H groups in total. The van der Waals surface area contributed by atoms with E-state index in [1.807, 2.05) is 0 Å². The number of hydrogen-bond acceptors (Lipinski definition) is 1. The van der Waals surface area contributed by atoms with Crippen molar-refractivity contribution in [2.24, 2.45) is 0 Å². The van der Waals surface area contributed by atoms with Crippen LogP contribution in [0.25, 0.3) is 0 Å². The molecule has 1 nitrogen and oxygen atoms in total. The molecule has 2 bridgehead atoms. The molecule has 70 valence electrons. The second-order valence-corrected chi connectivity index (χ2v) is 4.50. The third kappa shape index (κ3) is 1.47. The quantitative estimate of drug-likeness (QED) is 0.605. The third-order valence-electron chi connectivity index (χ3n) is 3.17. The summed E-state index contributed by atoms with van der Waals surface area (Å²) in [5, 5.41) is 0.346. The summed E-state index contributed by atoms with van der Waals surface area (Å²) in [7, 11) is 0. The van der Waals surface area contributed by atoms with Gasteiger partial charge < -0.3 is 0 Å². The second kappa shape index (κ2) is 3.51. The van der Waals surface area contributed by atoms with Crippen LogP contribution in [-0.2, 0) is 0 Å². The normalized spacial score (nSPS) is 42.0. The lowest BCUT2D eigenvalue weighted by Gasteiger charge is -2.36. The number of rotatable bonds is 2. The van der Waals surface area contributed by atoms with Crippen molar-refractivity contribution in [3.63, 3.8) is 0 Å². The van der Waals surface area contributed by atoms with Gasteiger partial charge in [-0.2, -0.15) is 0 Å². The van der Waals surface area contributed by atoms with Crippen molar-refractivity contribution in [2.75, 3.05) is 13.2 Å². The SMILES string of the molecule is FCCN1C2CCC1CC(Cl)C2. The van der Waals surface area contributed by atoms with E-state index in [-0.39, 0.29) is 6.67 Å². The molecule has 2 aliphatic rings. The van der Waals surface area contributed by atoms with Crippen LogP contribution in [0.2, 0.25) is 0 Å². The predicted molar refractivity (Wildman–Crippen MR) is 48.4 cm³/mol. The molecular formula is C9H15ClFN. The molecule has 2 saturated heterocycles. The summed E-state index contributed by atoms with van der Waals surface area (Å²) < 4.78 is 12.2. The van der Waals surface area contributed by atoms with E-state index in [2.05, 4.69) is 4.90 Å². The average molecular weight is 192 g/mol. The summed E-state index contributed by atoms with van der Waals surface area (Å²) >= 11 is 6.09. The van der Waals surface area contributed by atoms with Crippen LogP contribution >= 0.6 is 11.6 Å². The number of hydrogen-bond donors (Lipinski definition) is 0. The average Bonchev–Trinajstić information content (AvgIpc) is 2.32. The molecule has 2 unspecified atom stereocenters. The lowest BCUT2D eigenvalue weighted by molar-refractivity contribution is 0.132. The molecule has 0 spiro atoms. The molecule has 0 aliphatic carbocycles. The highest BCUT2D eigenvalue weighted by atomic mass is 35.5. The van der Waals surface area contributed by atoms with E-state index in [1.54, 1.807) is 0 Å². The van der Waals surface area contributed by atoms with Crippen LogP contribution < -0.4 is 0 Å². The Hall–Kier alpha value is 0.180. The number of alkyl halides is 2. The Kier molecular flexibility index (Phi) is 2.56. The summed E-state index contributed by atoms with van der Waals surface area (Å²) in [5.41, 5.74) is 0. The first-order chi connectivity index (χ1) is 5.81. The molecular weight excluding hydrogens is 177 g/mol. The van der Waals surface area contributed by atoms with Crippen LogP contribution in [-0.4, -0.2) is 35.6 Å². The zero-order chi connectivity index (χ0) is 8.55. The zero-order valence-corrected chi connectivity index (χ0v) is 7.93. The highest BCUT2D eigenvalue weighted by Gasteiger charge is 2.39. The molecule has 2 atom stereocenters. The number of nitrogens with zero attached hydrogens (tertiary/aromatic N) is 1. The Morgan fingerprint density at radius 2 is 1.83 bits per heavy atom. The van der Waals surface area contributed by atoms with Gasteiger partial charge in [0.05, 0.1) is 0 Å². The highest BCUT2D eigenvalue weighted by molar-refractivity contribution is 6.20.